The van der Waals surface area contributed by atoms with Gasteiger partial charge in [-0.3, -0.25) is 4.79 Å². The van der Waals surface area contributed by atoms with Crippen molar-refractivity contribution in [3.8, 4) is 5.75 Å². The molecule has 0 atom stereocenters. The minimum absolute atomic E-state index is 0.0714. The molecule has 0 saturated heterocycles. The zero-order chi connectivity index (χ0) is 23.1. The van der Waals surface area contributed by atoms with Crippen LogP contribution >= 0.6 is 11.8 Å². The molecule has 2 aromatic carbocycles. The molecule has 0 spiro atoms. The Morgan fingerprint density at radius 3 is 2.53 bits per heavy atom. The van der Waals surface area contributed by atoms with Crippen molar-refractivity contribution < 1.29 is 27.3 Å². The molecular weight excluding hydrogens is 437 g/mol. The van der Waals surface area contributed by atoms with Crippen LogP contribution in [0, 0.1) is 0 Å². The van der Waals surface area contributed by atoms with Gasteiger partial charge in [-0.05, 0) is 24.6 Å². The van der Waals surface area contributed by atoms with Gasteiger partial charge in [-0.1, -0.05) is 37.6 Å². The minimum Gasteiger partial charge on any atom is -0.404 e. The van der Waals surface area contributed by atoms with Crippen LogP contribution in [0.5, 0.6) is 5.75 Å². The van der Waals surface area contributed by atoms with Gasteiger partial charge in [0.05, 0.1) is 16.8 Å². The highest BCUT2D eigenvalue weighted by Gasteiger charge is 2.33. The predicted octanol–water partition coefficient (Wildman–Crippen LogP) is 5.97. The maximum Gasteiger partial charge on any atom is 0.573 e. The Labute approximate surface area is 190 Å². The van der Waals surface area contributed by atoms with Gasteiger partial charge in [0.25, 0.3) is 0 Å². The van der Waals surface area contributed by atoms with E-state index in [2.05, 4.69) is 22.3 Å². The lowest BCUT2D eigenvalue weighted by atomic mass is 10.2. The zero-order valence-corrected chi connectivity index (χ0v) is 18.9. The Bertz CT molecular complexity index is 1070. The number of halogens is 3. The number of rotatable bonds is 9. The number of benzene rings is 2. The molecule has 32 heavy (non-hydrogen) atoms. The number of alkyl halides is 3. The Kier molecular flexibility index (Phi) is 8.01. The molecule has 0 unspecified atom stereocenters. The van der Waals surface area contributed by atoms with Crippen molar-refractivity contribution in [1.29, 1.82) is 0 Å². The summed E-state index contributed by atoms with van der Waals surface area (Å²) >= 11 is 1.37. The first kappa shape index (κ1) is 23.9. The number of fused-ring (bicyclic) bond motifs is 1. The molecule has 3 rings (SSSR count). The molecule has 1 amide bonds. The highest BCUT2D eigenvalue weighted by molar-refractivity contribution is 8.00. The zero-order valence-electron chi connectivity index (χ0n) is 18.1. The van der Waals surface area contributed by atoms with Gasteiger partial charge in [0.15, 0.2) is 11.9 Å². The molecular formula is C24H26F3N2O2S+. The Balaban J connectivity index is 1.75. The number of aromatic nitrogens is 1. The smallest absolute Gasteiger partial charge is 0.404 e. The lowest BCUT2D eigenvalue weighted by Gasteiger charge is -2.21. The van der Waals surface area contributed by atoms with E-state index in [1.807, 2.05) is 30.5 Å². The molecule has 0 aliphatic heterocycles. The summed E-state index contributed by atoms with van der Waals surface area (Å²) in [6.07, 6.45) is 0.614. The van der Waals surface area contributed by atoms with Crippen LogP contribution in [0.1, 0.15) is 26.2 Å². The highest BCUT2D eigenvalue weighted by Crippen LogP contribution is 2.33. The minimum atomic E-state index is -4.83. The van der Waals surface area contributed by atoms with Gasteiger partial charge in [0.2, 0.25) is 11.4 Å². The number of para-hydroxylation sites is 3. The Morgan fingerprint density at radius 1 is 1.06 bits per heavy atom. The predicted molar refractivity (Wildman–Crippen MR) is 121 cm³/mol. The molecule has 170 valence electrons. The standard InChI is InChI=1S/C24H26F3N2O2S/c1-3-4-9-15-29-16-14-22(18-10-5-6-11-19(18)29)32-17-23(30)28(2)20-12-7-8-13-21(20)31-24(25,26)27/h5-8,10-14,16H,3-4,9,15,17H2,1-2H3/q+1. The van der Waals surface area contributed by atoms with E-state index in [4.69, 9.17) is 0 Å². The number of amides is 1. The molecule has 0 aliphatic carbocycles. The van der Waals surface area contributed by atoms with Gasteiger partial charge < -0.3 is 9.64 Å². The molecule has 3 aromatic rings. The fourth-order valence-electron chi connectivity index (χ4n) is 3.43. The fraction of sp³-hybridized carbons (Fsp3) is 0.333. The van der Waals surface area contributed by atoms with Crippen molar-refractivity contribution in [1.82, 2.24) is 0 Å². The van der Waals surface area contributed by atoms with Crippen LogP contribution in [0.3, 0.4) is 0 Å². The second-order valence-electron chi connectivity index (χ2n) is 7.35. The van der Waals surface area contributed by atoms with E-state index >= 15 is 0 Å². The van der Waals surface area contributed by atoms with E-state index in [1.54, 1.807) is 6.07 Å². The molecule has 0 aliphatic rings. The summed E-state index contributed by atoms with van der Waals surface area (Å²) in [5.41, 5.74) is 1.17. The van der Waals surface area contributed by atoms with E-state index in [0.717, 1.165) is 41.6 Å². The number of pyridine rings is 1. The van der Waals surface area contributed by atoms with Crippen LogP contribution in [0.15, 0.2) is 65.7 Å². The molecule has 4 nitrogen and oxygen atoms in total. The van der Waals surface area contributed by atoms with Crippen LogP contribution in [0.2, 0.25) is 0 Å². The largest absolute Gasteiger partial charge is 0.573 e. The van der Waals surface area contributed by atoms with E-state index in [9.17, 15) is 18.0 Å². The third kappa shape index (κ3) is 6.16. The number of carbonyl (C=O) groups excluding carboxylic acids is 1. The van der Waals surface area contributed by atoms with Gasteiger partial charge in [-0.25, -0.2) is 0 Å². The van der Waals surface area contributed by atoms with Gasteiger partial charge in [0.1, 0.15) is 6.54 Å². The SMILES string of the molecule is CCCCC[n+]1ccc(SCC(=O)N(C)c2ccccc2OC(F)(F)F)c2ccccc21. The lowest BCUT2D eigenvalue weighted by molar-refractivity contribution is -0.672. The van der Waals surface area contributed by atoms with Gasteiger partial charge in [0, 0.05) is 30.5 Å². The van der Waals surface area contributed by atoms with Gasteiger partial charge >= 0.3 is 6.36 Å². The molecule has 1 heterocycles. The van der Waals surface area contributed by atoms with E-state index in [0.29, 0.717) is 0 Å². The van der Waals surface area contributed by atoms with E-state index in [-0.39, 0.29) is 17.3 Å². The van der Waals surface area contributed by atoms with Crippen molar-refractivity contribution in [2.45, 2.75) is 44.0 Å². The molecule has 8 heteroatoms. The summed E-state index contributed by atoms with van der Waals surface area (Å²) in [6, 6.07) is 15.7. The summed E-state index contributed by atoms with van der Waals surface area (Å²) in [5.74, 6) is -0.642. The molecule has 1 aromatic heterocycles. The Morgan fingerprint density at radius 2 is 1.78 bits per heavy atom. The number of nitrogens with zero attached hydrogens (tertiary/aromatic N) is 2. The number of carbonyl (C=O) groups is 1. The monoisotopic (exact) mass is 463 g/mol. The first-order chi connectivity index (χ1) is 15.3. The van der Waals surface area contributed by atoms with Crippen molar-refractivity contribution >= 4 is 34.3 Å². The molecule has 0 saturated carbocycles. The van der Waals surface area contributed by atoms with Crippen LogP contribution in [0.25, 0.3) is 10.9 Å². The van der Waals surface area contributed by atoms with Crippen LogP contribution in [0.4, 0.5) is 18.9 Å². The van der Waals surface area contributed by atoms with E-state index < -0.39 is 12.1 Å². The molecule has 0 radical (unpaired) electrons. The van der Waals surface area contributed by atoms with E-state index in [1.165, 1.54) is 41.9 Å². The van der Waals surface area contributed by atoms with Gasteiger partial charge in [-0.15, -0.1) is 24.9 Å². The average molecular weight is 464 g/mol. The average Bonchev–Trinajstić information content (AvgIpc) is 2.77. The molecule has 0 N–H and O–H groups in total. The number of ether oxygens (including phenoxy) is 1. The number of unbranched alkanes of at least 4 members (excludes halogenated alkanes) is 2. The topological polar surface area (TPSA) is 33.4 Å². The summed E-state index contributed by atoms with van der Waals surface area (Å²) in [7, 11) is 1.45. The van der Waals surface area contributed by atoms with Crippen molar-refractivity contribution in [3.63, 3.8) is 0 Å². The van der Waals surface area contributed by atoms with Gasteiger partial charge in [-0.2, -0.15) is 4.57 Å². The third-order valence-electron chi connectivity index (χ3n) is 5.06. The fourth-order valence-corrected chi connectivity index (χ4v) is 4.39. The normalized spacial score (nSPS) is 11.5. The second kappa shape index (κ2) is 10.7. The Hall–Kier alpha value is -2.74. The number of thioether (sulfide) groups is 1. The number of hydrogen-bond acceptors (Lipinski definition) is 3. The highest BCUT2D eigenvalue weighted by atomic mass is 32.2. The summed E-state index contributed by atoms with van der Waals surface area (Å²) in [6.45, 7) is 3.10. The van der Waals surface area contributed by atoms with Crippen LogP contribution in [-0.4, -0.2) is 25.1 Å². The molecule has 0 bridgehead atoms. The second-order valence-corrected chi connectivity index (χ2v) is 8.37. The quantitative estimate of drug-likeness (QED) is 0.223. The summed E-state index contributed by atoms with van der Waals surface area (Å²) < 4.78 is 44.4. The first-order valence-electron chi connectivity index (χ1n) is 10.5. The maximum absolute atomic E-state index is 12.8. The number of anilines is 1. The lowest BCUT2D eigenvalue weighted by Crippen LogP contribution is -2.34. The number of hydrogen-bond donors (Lipinski definition) is 0. The number of aryl methyl sites for hydroxylation is 1. The van der Waals surface area contributed by atoms with Crippen molar-refractivity contribution in [3.05, 3.63) is 60.8 Å². The van der Waals surface area contributed by atoms with Crippen LogP contribution in [-0.2, 0) is 11.3 Å². The maximum atomic E-state index is 12.8. The summed E-state index contributed by atoms with van der Waals surface area (Å²) in [5, 5.41) is 1.05. The molecule has 0 fully saturated rings. The third-order valence-corrected chi connectivity index (χ3v) is 6.12. The van der Waals surface area contributed by atoms with Crippen molar-refractivity contribution in [2.24, 2.45) is 0 Å². The first-order valence-corrected chi connectivity index (χ1v) is 11.4. The van der Waals surface area contributed by atoms with Crippen LogP contribution < -0.4 is 14.2 Å². The van der Waals surface area contributed by atoms with Crippen molar-refractivity contribution in [2.75, 3.05) is 17.7 Å². The summed E-state index contributed by atoms with van der Waals surface area (Å²) in [4.78, 5) is 14.9.